The number of nitrogens with one attached hydrogen (secondary N) is 1. The van der Waals surface area contributed by atoms with Gasteiger partial charge in [-0.15, -0.1) is 0 Å². The summed E-state index contributed by atoms with van der Waals surface area (Å²) in [4.78, 5) is 37.2. The van der Waals surface area contributed by atoms with Crippen molar-refractivity contribution in [2.75, 3.05) is 5.32 Å². The maximum absolute atomic E-state index is 12.8. The van der Waals surface area contributed by atoms with Gasteiger partial charge in [0.25, 0.3) is 5.56 Å². The minimum absolute atomic E-state index is 0.200. The number of fused-ring (bicyclic) bond motifs is 4. The number of carbonyl (C=O) groups is 2. The SMILES string of the molecule is CCn1c2ccccc2c2cc(NC(=O)Cn3nc(C(=O)O)c4ccccc4c3=O)ccc21. The van der Waals surface area contributed by atoms with Crippen LogP contribution in [0.3, 0.4) is 0 Å². The van der Waals surface area contributed by atoms with Gasteiger partial charge in [0.1, 0.15) is 6.54 Å². The number of nitrogens with zero attached hydrogens (tertiary/aromatic N) is 3. The smallest absolute Gasteiger partial charge is 0.357 e. The summed E-state index contributed by atoms with van der Waals surface area (Å²) < 4.78 is 3.10. The van der Waals surface area contributed by atoms with Gasteiger partial charge < -0.3 is 15.0 Å². The summed E-state index contributed by atoms with van der Waals surface area (Å²) in [6.07, 6.45) is 0. The van der Waals surface area contributed by atoms with Crippen molar-refractivity contribution in [2.24, 2.45) is 0 Å². The van der Waals surface area contributed by atoms with Crippen LogP contribution < -0.4 is 10.9 Å². The number of aromatic carboxylic acids is 1. The fourth-order valence-electron chi connectivity index (χ4n) is 4.31. The zero-order chi connectivity index (χ0) is 23.1. The summed E-state index contributed by atoms with van der Waals surface area (Å²) in [6.45, 7) is 2.50. The van der Waals surface area contributed by atoms with Crippen LogP contribution in [0.25, 0.3) is 32.6 Å². The van der Waals surface area contributed by atoms with Gasteiger partial charge >= 0.3 is 5.97 Å². The fourth-order valence-corrected chi connectivity index (χ4v) is 4.31. The molecule has 0 bridgehead atoms. The molecule has 33 heavy (non-hydrogen) atoms. The lowest BCUT2D eigenvalue weighted by atomic mass is 10.1. The predicted octanol–water partition coefficient (Wildman–Crippen LogP) is 3.86. The lowest BCUT2D eigenvalue weighted by molar-refractivity contribution is -0.117. The van der Waals surface area contributed by atoms with Crippen LogP contribution in [0.2, 0.25) is 0 Å². The minimum atomic E-state index is -1.27. The molecule has 0 saturated heterocycles. The molecule has 0 aliphatic heterocycles. The second kappa shape index (κ2) is 7.90. The second-order valence-corrected chi connectivity index (χ2v) is 7.70. The first-order chi connectivity index (χ1) is 16.0. The molecule has 2 N–H and O–H groups in total. The van der Waals surface area contributed by atoms with Crippen LogP contribution in [0.5, 0.6) is 0 Å². The molecule has 0 saturated carbocycles. The highest BCUT2D eigenvalue weighted by atomic mass is 16.4. The number of rotatable bonds is 5. The Balaban J connectivity index is 1.49. The third kappa shape index (κ3) is 3.41. The maximum Gasteiger partial charge on any atom is 0.357 e. The predicted molar refractivity (Wildman–Crippen MR) is 127 cm³/mol. The molecule has 0 unspecified atom stereocenters. The Kier molecular flexibility index (Phi) is 4.90. The molecule has 8 nitrogen and oxygen atoms in total. The van der Waals surface area contributed by atoms with Gasteiger partial charge in [-0.1, -0.05) is 36.4 Å². The monoisotopic (exact) mass is 440 g/mol. The van der Waals surface area contributed by atoms with E-state index in [1.54, 1.807) is 12.1 Å². The van der Waals surface area contributed by atoms with Crippen molar-refractivity contribution < 1.29 is 14.7 Å². The summed E-state index contributed by atoms with van der Waals surface area (Å²) in [7, 11) is 0. The second-order valence-electron chi connectivity index (χ2n) is 7.70. The molecule has 2 aromatic heterocycles. The average Bonchev–Trinajstić information content (AvgIpc) is 3.13. The van der Waals surface area contributed by atoms with Gasteiger partial charge in [-0.2, -0.15) is 5.10 Å². The van der Waals surface area contributed by atoms with E-state index in [-0.39, 0.29) is 16.5 Å². The van der Waals surface area contributed by atoms with Crippen molar-refractivity contribution in [3.05, 3.63) is 82.8 Å². The summed E-state index contributed by atoms with van der Waals surface area (Å²) in [5.41, 5.74) is 1.97. The molecule has 5 aromatic rings. The van der Waals surface area contributed by atoms with Crippen molar-refractivity contribution in [1.82, 2.24) is 14.3 Å². The van der Waals surface area contributed by atoms with Crippen LogP contribution in [-0.2, 0) is 17.9 Å². The number of anilines is 1. The zero-order valence-corrected chi connectivity index (χ0v) is 17.8. The molecule has 164 valence electrons. The number of aryl methyl sites for hydroxylation is 1. The largest absolute Gasteiger partial charge is 0.476 e. The quantitative estimate of drug-likeness (QED) is 0.432. The molecular weight excluding hydrogens is 420 g/mol. The van der Waals surface area contributed by atoms with Crippen molar-refractivity contribution in [3.8, 4) is 0 Å². The summed E-state index contributed by atoms with van der Waals surface area (Å²) in [6, 6.07) is 20.1. The van der Waals surface area contributed by atoms with E-state index >= 15 is 0 Å². The summed E-state index contributed by atoms with van der Waals surface area (Å²) in [5, 5.41) is 18.8. The molecule has 0 spiro atoms. The van der Waals surface area contributed by atoms with Crippen molar-refractivity contribution in [1.29, 1.82) is 0 Å². The van der Waals surface area contributed by atoms with E-state index < -0.39 is 24.0 Å². The van der Waals surface area contributed by atoms with Crippen molar-refractivity contribution in [3.63, 3.8) is 0 Å². The number of para-hydroxylation sites is 1. The molecule has 1 amide bonds. The van der Waals surface area contributed by atoms with Gasteiger partial charge in [-0.05, 0) is 37.3 Å². The third-order valence-electron chi connectivity index (χ3n) is 5.74. The Morgan fingerprint density at radius 3 is 2.30 bits per heavy atom. The highest BCUT2D eigenvalue weighted by molar-refractivity contribution is 6.09. The molecule has 0 radical (unpaired) electrons. The normalized spacial score (nSPS) is 11.3. The Morgan fingerprint density at radius 1 is 0.909 bits per heavy atom. The molecule has 2 heterocycles. The first-order valence-corrected chi connectivity index (χ1v) is 10.5. The first kappa shape index (κ1) is 20.4. The lowest BCUT2D eigenvalue weighted by Gasteiger charge is -2.10. The topological polar surface area (TPSA) is 106 Å². The highest BCUT2D eigenvalue weighted by Crippen LogP contribution is 2.31. The number of aromatic nitrogens is 3. The molecule has 0 atom stereocenters. The van der Waals surface area contributed by atoms with Gasteiger partial charge in [-0.25, -0.2) is 9.48 Å². The number of benzene rings is 3. The third-order valence-corrected chi connectivity index (χ3v) is 5.74. The minimum Gasteiger partial charge on any atom is -0.476 e. The maximum atomic E-state index is 12.8. The van der Waals surface area contributed by atoms with E-state index in [1.807, 2.05) is 36.4 Å². The summed E-state index contributed by atoms with van der Waals surface area (Å²) >= 11 is 0. The lowest BCUT2D eigenvalue weighted by Crippen LogP contribution is -2.31. The van der Waals surface area contributed by atoms with Gasteiger partial charge in [0.05, 0.1) is 5.39 Å². The van der Waals surface area contributed by atoms with Crippen LogP contribution in [0.4, 0.5) is 5.69 Å². The molecule has 8 heteroatoms. The molecule has 3 aromatic carbocycles. The zero-order valence-electron chi connectivity index (χ0n) is 17.8. The van der Waals surface area contributed by atoms with Gasteiger partial charge in [0, 0.05) is 39.4 Å². The molecular formula is C25H20N4O4. The van der Waals surface area contributed by atoms with Gasteiger partial charge in [0.15, 0.2) is 5.69 Å². The Morgan fingerprint density at radius 2 is 1.58 bits per heavy atom. The number of hydrogen-bond donors (Lipinski definition) is 2. The number of amides is 1. The standard InChI is InChI=1S/C25H20N4O4/c1-2-28-20-10-6-5-7-16(20)19-13-15(11-12-21(19)28)26-22(30)14-29-24(31)18-9-4-3-8-17(18)23(27-29)25(32)33/h3-13H,2,14H2,1H3,(H,26,30)(H,32,33). The van der Waals surface area contributed by atoms with Crippen LogP contribution in [-0.4, -0.2) is 31.3 Å². The molecule has 0 fully saturated rings. The van der Waals surface area contributed by atoms with Crippen LogP contribution >= 0.6 is 0 Å². The summed E-state index contributed by atoms with van der Waals surface area (Å²) in [5.74, 6) is -1.74. The van der Waals surface area contributed by atoms with Crippen LogP contribution in [0.15, 0.2) is 71.5 Å². The number of carboxylic acids is 1. The molecule has 0 aliphatic rings. The van der Waals surface area contributed by atoms with Gasteiger partial charge in [-0.3, -0.25) is 9.59 Å². The Hall–Kier alpha value is -4.46. The van der Waals surface area contributed by atoms with Gasteiger partial charge in [0.2, 0.25) is 5.91 Å². The van der Waals surface area contributed by atoms with Crippen molar-refractivity contribution >= 4 is 50.1 Å². The van der Waals surface area contributed by atoms with Crippen molar-refractivity contribution in [2.45, 2.75) is 20.0 Å². The van der Waals surface area contributed by atoms with E-state index in [4.69, 9.17) is 0 Å². The van der Waals surface area contributed by atoms with Crippen LogP contribution in [0.1, 0.15) is 17.4 Å². The average molecular weight is 440 g/mol. The fraction of sp³-hybridized carbons (Fsp3) is 0.120. The molecule has 5 rings (SSSR count). The van der Waals surface area contributed by atoms with E-state index in [0.29, 0.717) is 5.69 Å². The highest BCUT2D eigenvalue weighted by Gasteiger charge is 2.17. The Bertz CT molecular complexity index is 1630. The van der Waals surface area contributed by atoms with E-state index in [0.717, 1.165) is 33.0 Å². The van der Waals surface area contributed by atoms with Crippen LogP contribution in [0, 0.1) is 0 Å². The van der Waals surface area contributed by atoms with E-state index in [1.165, 1.54) is 12.1 Å². The first-order valence-electron chi connectivity index (χ1n) is 10.5. The number of carboxylic acid groups (broad SMARTS) is 1. The molecule has 0 aliphatic carbocycles. The van der Waals surface area contributed by atoms with E-state index in [2.05, 4.69) is 28.0 Å². The van der Waals surface area contributed by atoms with E-state index in [9.17, 15) is 19.5 Å². The Labute approximate surface area is 187 Å². The number of carbonyl (C=O) groups excluding carboxylic acids is 1. The number of hydrogen-bond acceptors (Lipinski definition) is 4.